The minimum atomic E-state index is -0.463. The molecule has 1 unspecified atom stereocenters. The van der Waals surface area contributed by atoms with Crippen LogP contribution in [-0.2, 0) is 4.79 Å². The quantitative estimate of drug-likeness (QED) is 0.813. The minimum absolute atomic E-state index is 0.0109. The Labute approximate surface area is 147 Å². The normalized spacial score (nSPS) is 17.9. The van der Waals surface area contributed by atoms with Crippen LogP contribution in [0.2, 0.25) is 0 Å². The van der Waals surface area contributed by atoms with Crippen molar-refractivity contribution in [2.45, 2.75) is 90.7 Å². The van der Waals surface area contributed by atoms with E-state index in [1.165, 1.54) is 32.1 Å². The average molecular weight is 332 g/mol. The Morgan fingerprint density at radius 2 is 1.71 bits per heavy atom. The van der Waals surface area contributed by atoms with Gasteiger partial charge in [-0.3, -0.25) is 4.79 Å². The molecule has 1 amide bonds. The summed E-state index contributed by atoms with van der Waals surface area (Å²) in [4.78, 5) is 12.5. The summed E-state index contributed by atoms with van der Waals surface area (Å²) in [6.45, 7) is 8.20. The molecule has 1 saturated carbocycles. The highest BCUT2D eigenvalue weighted by atomic mass is 16.5. The van der Waals surface area contributed by atoms with Gasteiger partial charge in [-0.2, -0.15) is 0 Å². The van der Waals surface area contributed by atoms with Crippen LogP contribution >= 0.6 is 0 Å². The van der Waals surface area contributed by atoms with E-state index in [0.29, 0.717) is 12.0 Å². The highest BCUT2D eigenvalue weighted by Crippen LogP contribution is 2.28. The first-order valence-electron chi connectivity index (χ1n) is 9.55. The van der Waals surface area contributed by atoms with Crippen molar-refractivity contribution in [1.29, 1.82) is 0 Å². The van der Waals surface area contributed by atoms with Gasteiger partial charge in [-0.15, -0.1) is 0 Å². The van der Waals surface area contributed by atoms with Gasteiger partial charge in [0.05, 0.1) is 0 Å². The molecule has 134 valence electrons. The summed E-state index contributed by atoms with van der Waals surface area (Å²) in [5, 5.41) is 3.21. The standard InChI is InChI=1S/C21H33NO2/c1-15(2)19-13-12-16(3)14-20(19)24-17(4)21(23)22-18-10-8-6-5-7-9-11-18/h12-15,17-18H,5-11H2,1-4H3,(H,22,23). The zero-order chi connectivity index (χ0) is 17.5. The van der Waals surface area contributed by atoms with Gasteiger partial charge in [-0.25, -0.2) is 0 Å². The van der Waals surface area contributed by atoms with Gasteiger partial charge in [0, 0.05) is 6.04 Å². The van der Waals surface area contributed by atoms with Crippen LogP contribution in [-0.4, -0.2) is 18.1 Å². The number of hydrogen-bond acceptors (Lipinski definition) is 2. The van der Waals surface area contributed by atoms with E-state index in [1.807, 2.05) is 13.0 Å². The highest BCUT2D eigenvalue weighted by molar-refractivity contribution is 5.81. The van der Waals surface area contributed by atoms with Crippen molar-refractivity contribution >= 4 is 5.91 Å². The molecule has 1 N–H and O–H groups in total. The summed E-state index contributed by atoms with van der Waals surface area (Å²) >= 11 is 0. The lowest BCUT2D eigenvalue weighted by atomic mass is 9.96. The van der Waals surface area contributed by atoms with Crippen LogP contribution in [0.15, 0.2) is 18.2 Å². The molecule has 0 saturated heterocycles. The van der Waals surface area contributed by atoms with Gasteiger partial charge >= 0.3 is 0 Å². The minimum Gasteiger partial charge on any atom is -0.481 e. The van der Waals surface area contributed by atoms with E-state index in [0.717, 1.165) is 29.7 Å². The maximum Gasteiger partial charge on any atom is 0.260 e. The molecule has 3 nitrogen and oxygen atoms in total. The molecule has 2 rings (SSSR count). The van der Waals surface area contributed by atoms with E-state index in [9.17, 15) is 4.79 Å². The van der Waals surface area contributed by atoms with Crippen LogP contribution in [0.25, 0.3) is 0 Å². The molecule has 0 bridgehead atoms. The van der Waals surface area contributed by atoms with E-state index < -0.39 is 6.10 Å². The number of carbonyl (C=O) groups excluding carboxylic acids is 1. The Balaban J connectivity index is 1.97. The molecule has 0 aliphatic heterocycles. The van der Waals surface area contributed by atoms with E-state index in [2.05, 4.69) is 38.2 Å². The topological polar surface area (TPSA) is 38.3 Å². The van der Waals surface area contributed by atoms with Crippen LogP contribution in [0.3, 0.4) is 0 Å². The smallest absolute Gasteiger partial charge is 0.260 e. The number of nitrogens with one attached hydrogen (secondary N) is 1. The SMILES string of the molecule is Cc1ccc(C(C)C)c(OC(C)C(=O)NC2CCCCCCC2)c1. The zero-order valence-corrected chi connectivity index (χ0v) is 15.7. The Bertz CT molecular complexity index is 531. The monoisotopic (exact) mass is 331 g/mol. The van der Waals surface area contributed by atoms with E-state index >= 15 is 0 Å². The number of rotatable bonds is 5. The molecule has 1 aliphatic rings. The molecule has 1 fully saturated rings. The second-order valence-electron chi connectivity index (χ2n) is 7.51. The Kier molecular flexibility index (Phi) is 7.14. The van der Waals surface area contributed by atoms with Gasteiger partial charge in [-0.05, 0) is 49.8 Å². The first-order chi connectivity index (χ1) is 11.5. The third-order valence-corrected chi connectivity index (χ3v) is 4.92. The second-order valence-corrected chi connectivity index (χ2v) is 7.51. The van der Waals surface area contributed by atoms with Crippen molar-refractivity contribution in [1.82, 2.24) is 5.32 Å². The fraction of sp³-hybridized carbons (Fsp3) is 0.667. The number of ether oxygens (including phenoxy) is 1. The molecule has 1 atom stereocenters. The van der Waals surface area contributed by atoms with Crippen molar-refractivity contribution in [3.8, 4) is 5.75 Å². The van der Waals surface area contributed by atoms with Crippen molar-refractivity contribution in [2.24, 2.45) is 0 Å². The van der Waals surface area contributed by atoms with Crippen LogP contribution in [0.5, 0.6) is 5.75 Å². The van der Waals surface area contributed by atoms with Gasteiger partial charge < -0.3 is 10.1 Å². The molecular weight excluding hydrogens is 298 g/mol. The van der Waals surface area contributed by atoms with Crippen LogP contribution in [0.1, 0.15) is 82.8 Å². The van der Waals surface area contributed by atoms with Crippen molar-refractivity contribution in [3.63, 3.8) is 0 Å². The summed E-state index contributed by atoms with van der Waals surface area (Å²) in [6, 6.07) is 6.55. The largest absolute Gasteiger partial charge is 0.481 e. The highest BCUT2D eigenvalue weighted by Gasteiger charge is 2.21. The van der Waals surface area contributed by atoms with Gasteiger partial charge in [0.15, 0.2) is 6.10 Å². The molecule has 1 aromatic carbocycles. The van der Waals surface area contributed by atoms with Gasteiger partial charge in [0.2, 0.25) is 0 Å². The lowest BCUT2D eigenvalue weighted by molar-refractivity contribution is -0.128. The fourth-order valence-corrected chi connectivity index (χ4v) is 3.38. The Morgan fingerprint density at radius 1 is 1.08 bits per heavy atom. The summed E-state index contributed by atoms with van der Waals surface area (Å²) in [6.07, 6.45) is 8.09. The fourth-order valence-electron chi connectivity index (χ4n) is 3.38. The second kappa shape index (κ2) is 9.10. The maximum absolute atomic E-state index is 12.5. The molecule has 0 radical (unpaired) electrons. The Hall–Kier alpha value is -1.51. The summed E-state index contributed by atoms with van der Waals surface area (Å²) in [5.41, 5.74) is 2.31. The van der Waals surface area contributed by atoms with Crippen LogP contribution in [0.4, 0.5) is 0 Å². The molecule has 0 heterocycles. The Morgan fingerprint density at radius 3 is 2.33 bits per heavy atom. The van der Waals surface area contributed by atoms with Crippen molar-refractivity contribution < 1.29 is 9.53 Å². The van der Waals surface area contributed by atoms with E-state index in [-0.39, 0.29) is 5.91 Å². The predicted molar refractivity (Wildman–Crippen MR) is 99.6 cm³/mol. The molecule has 1 aliphatic carbocycles. The molecule has 1 aromatic rings. The van der Waals surface area contributed by atoms with E-state index in [1.54, 1.807) is 0 Å². The van der Waals surface area contributed by atoms with Crippen molar-refractivity contribution in [2.75, 3.05) is 0 Å². The number of benzene rings is 1. The summed E-state index contributed by atoms with van der Waals surface area (Å²) in [7, 11) is 0. The summed E-state index contributed by atoms with van der Waals surface area (Å²) in [5.74, 6) is 1.23. The van der Waals surface area contributed by atoms with Crippen LogP contribution < -0.4 is 10.1 Å². The molecule has 24 heavy (non-hydrogen) atoms. The average Bonchev–Trinajstić information content (AvgIpc) is 2.49. The van der Waals surface area contributed by atoms with Gasteiger partial charge in [0.1, 0.15) is 5.75 Å². The summed E-state index contributed by atoms with van der Waals surface area (Å²) < 4.78 is 6.03. The first kappa shape index (κ1) is 18.8. The molecule has 0 spiro atoms. The lowest BCUT2D eigenvalue weighted by Crippen LogP contribution is -2.42. The van der Waals surface area contributed by atoms with E-state index in [4.69, 9.17) is 4.74 Å². The number of amides is 1. The third kappa shape index (κ3) is 5.54. The number of carbonyl (C=O) groups is 1. The van der Waals surface area contributed by atoms with Crippen molar-refractivity contribution in [3.05, 3.63) is 29.3 Å². The maximum atomic E-state index is 12.5. The molecular formula is C21H33NO2. The zero-order valence-electron chi connectivity index (χ0n) is 15.7. The van der Waals surface area contributed by atoms with Crippen LogP contribution in [0, 0.1) is 6.92 Å². The first-order valence-corrected chi connectivity index (χ1v) is 9.55. The molecule has 3 heteroatoms. The lowest BCUT2D eigenvalue weighted by Gasteiger charge is -2.24. The molecule has 0 aromatic heterocycles. The van der Waals surface area contributed by atoms with Gasteiger partial charge in [-0.1, -0.05) is 58.1 Å². The predicted octanol–water partition coefficient (Wildman–Crippen LogP) is 5.11. The number of hydrogen-bond donors (Lipinski definition) is 1. The third-order valence-electron chi connectivity index (χ3n) is 4.92. The number of aryl methyl sites for hydroxylation is 1. The van der Waals surface area contributed by atoms with Gasteiger partial charge in [0.25, 0.3) is 5.91 Å².